The van der Waals surface area contributed by atoms with Crippen LogP contribution in [0.4, 0.5) is 10.8 Å². The molecule has 2 amide bonds. The molecule has 24 heavy (non-hydrogen) atoms. The Kier molecular flexibility index (Phi) is 4.66. The van der Waals surface area contributed by atoms with E-state index in [1.54, 1.807) is 11.9 Å². The monoisotopic (exact) mass is 343 g/mol. The van der Waals surface area contributed by atoms with Gasteiger partial charge in [0, 0.05) is 24.0 Å². The zero-order chi connectivity index (χ0) is 17.3. The van der Waals surface area contributed by atoms with Crippen molar-refractivity contribution in [3.05, 3.63) is 40.4 Å². The summed E-state index contributed by atoms with van der Waals surface area (Å²) in [5, 5.41) is 5.42. The maximum absolute atomic E-state index is 12.2. The van der Waals surface area contributed by atoms with Crippen molar-refractivity contribution >= 4 is 34.0 Å². The fraction of sp³-hybridized carbons (Fsp3) is 0.389. The van der Waals surface area contributed by atoms with Crippen molar-refractivity contribution in [2.45, 2.75) is 33.1 Å². The van der Waals surface area contributed by atoms with Crippen LogP contribution in [0.15, 0.2) is 23.6 Å². The number of amides is 2. The molecule has 1 saturated carbocycles. The van der Waals surface area contributed by atoms with Crippen molar-refractivity contribution in [2.24, 2.45) is 5.92 Å². The van der Waals surface area contributed by atoms with E-state index >= 15 is 0 Å². The normalized spacial score (nSPS) is 13.6. The van der Waals surface area contributed by atoms with Crippen LogP contribution in [0.5, 0.6) is 0 Å². The lowest BCUT2D eigenvalue weighted by molar-refractivity contribution is -0.119. The van der Waals surface area contributed by atoms with Crippen molar-refractivity contribution in [3.8, 4) is 0 Å². The van der Waals surface area contributed by atoms with Crippen molar-refractivity contribution in [1.29, 1.82) is 0 Å². The lowest BCUT2D eigenvalue weighted by Crippen LogP contribution is -2.27. The van der Waals surface area contributed by atoms with Crippen LogP contribution in [-0.4, -0.2) is 23.8 Å². The average molecular weight is 343 g/mol. The van der Waals surface area contributed by atoms with Gasteiger partial charge in [0.2, 0.25) is 11.8 Å². The fourth-order valence-electron chi connectivity index (χ4n) is 2.54. The molecule has 3 rings (SSSR count). The highest BCUT2D eigenvalue weighted by Gasteiger charge is 2.33. The molecule has 1 N–H and O–H groups in total. The third kappa shape index (κ3) is 3.82. The number of carbonyl (C=O) groups excluding carboxylic acids is 2. The average Bonchev–Trinajstić information content (AvgIpc) is 3.29. The lowest BCUT2D eigenvalue weighted by Gasteiger charge is -2.12. The molecule has 0 unspecified atom stereocenters. The molecule has 5 nitrogen and oxygen atoms in total. The van der Waals surface area contributed by atoms with Crippen molar-refractivity contribution in [2.75, 3.05) is 17.3 Å². The molecule has 2 aromatic rings. The zero-order valence-corrected chi connectivity index (χ0v) is 14.9. The molecule has 0 aliphatic heterocycles. The molecule has 0 saturated heterocycles. The van der Waals surface area contributed by atoms with Crippen molar-refractivity contribution in [3.63, 3.8) is 0 Å². The van der Waals surface area contributed by atoms with Gasteiger partial charge in [0.05, 0.1) is 12.1 Å². The molecule has 1 heterocycles. The molecular formula is C18H21N3O2S. The number of aromatic nitrogens is 1. The van der Waals surface area contributed by atoms with E-state index in [-0.39, 0.29) is 24.2 Å². The minimum absolute atomic E-state index is 0.102. The SMILES string of the molecule is Cc1ccc(NC(=O)Cc2csc(N(C)C(=O)C3CC3)n2)c(C)c1. The minimum Gasteiger partial charge on any atom is -0.326 e. The highest BCUT2D eigenvalue weighted by molar-refractivity contribution is 7.14. The number of carbonyl (C=O) groups is 2. The van der Waals surface area contributed by atoms with E-state index in [1.165, 1.54) is 11.3 Å². The number of anilines is 2. The van der Waals surface area contributed by atoms with Crippen LogP contribution in [0, 0.1) is 19.8 Å². The lowest BCUT2D eigenvalue weighted by atomic mass is 10.1. The van der Waals surface area contributed by atoms with Gasteiger partial charge >= 0.3 is 0 Å². The second-order valence-electron chi connectivity index (χ2n) is 6.34. The van der Waals surface area contributed by atoms with Gasteiger partial charge in [-0.1, -0.05) is 17.7 Å². The van der Waals surface area contributed by atoms with E-state index in [2.05, 4.69) is 10.3 Å². The quantitative estimate of drug-likeness (QED) is 0.906. The summed E-state index contributed by atoms with van der Waals surface area (Å²) in [6.07, 6.45) is 2.15. The van der Waals surface area contributed by atoms with Crippen LogP contribution in [0.25, 0.3) is 0 Å². The molecule has 1 aromatic heterocycles. The molecule has 1 aromatic carbocycles. The summed E-state index contributed by atoms with van der Waals surface area (Å²) in [5.74, 6) is 0.181. The summed E-state index contributed by atoms with van der Waals surface area (Å²) >= 11 is 1.40. The van der Waals surface area contributed by atoms with Crippen LogP contribution in [0.3, 0.4) is 0 Å². The van der Waals surface area contributed by atoms with Gasteiger partial charge in [0.25, 0.3) is 0 Å². The third-order valence-corrected chi connectivity index (χ3v) is 5.05. The van der Waals surface area contributed by atoms with Gasteiger partial charge in [0.1, 0.15) is 0 Å². The van der Waals surface area contributed by atoms with Gasteiger partial charge in [-0.25, -0.2) is 4.98 Å². The Labute approximate surface area is 145 Å². The highest BCUT2D eigenvalue weighted by atomic mass is 32.1. The van der Waals surface area contributed by atoms with Gasteiger partial charge in [-0.2, -0.15) is 0 Å². The molecule has 1 aliphatic carbocycles. The minimum atomic E-state index is -0.102. The maximum Gasteiger partial charge on any atom is 0.231 e. The van der Waals surface area contributed by atoms with Gasteiger partial charge in [-0.15, -0.1) is 11.3 Å². The number of thiazole rings is 1. The summed E-state index contributed by atoms with van der Waals surface area (Å²) in [6, 6.07) is 5.92. The second-order valence-corrected chi connectivity index (χ2v) is 7.17. The smallest absolute Gasteiger partial charge is 0.231 e. The number of nitrogens with one attached hydrogen (secondary N) is 1. The largest absolute Gasteiger partial charge is 0.326 e. The summed E-state index contributed by atoms with van der Waals surface area (Å²) < 4.78 is 0. The van der Waals surface area contributed by atoms with Crippen LogP contribution >= 0.6 is 11.3 Å². The Morgan fingerprint density at radius 1 is 1.33 bits per heavy atom. The number of hydrogen-bond donors (Lipinski definition) is 1. The Morgan fingerprint density at radius 2 is 2.08 bits per heavy atom. The molecule has 0 bridgehead atoms. The maximum atomic E-state index is 12.2. The molecular weight excluding hydrogens is 322 g/mol. The number of benzene rings is 1. The fourth-order valence-corrected chi connectivity index (χ4v) is 3.34. The first-order valence-electron chi connectivity index (χ1n) is 8.03. The summed E-state index contributed by atoms with van der Waals surface area (Å²) in [7, 11) is 1.75. The number of rotatable bonds is 5. The van der Waals surface area contributed by atoms with Crippen molar-refractivity contribution in [1.82, 2.24) is 4.98 Å². The Morgan fingerprint density at radius 3 is 2.75 bits per heavy atom. The standard InChI is InChI=1S/C18H21N3O2S/c1-11-4-7-15(12(2)8-11)20-16(22)9-14-10-24-18(19-14)21(3)17(23)13-5-6-13/h4,7-8,10,13H,5-6,9H2,1-3H3,(H,20,22). The highest BCUT2D eigenvalue weighted by Crippen LogP contribution is 2.33. The van der Waals surface area contributed by atoms with Crippen LogP contribution < -0.4 is 10.2 Å². The summed E-state index contributed by atoms with van der Waals surface area (Å²) in [6.45, 7) is 4.00. The van der Waals surface area contributed by atoms with E-state index in [0.717, 1.165) is 29.7 Å². The van der Waals surface area contributed by atoms with E-state index in [4.69, 9.17) is 0 Å². The molecule has 0 atom stereocenters. The first-order chi connectivity index (χ1) is 11.4. The number of aryl methyl sites for hydroxylation is 2. The first kappa shape index (κ1) is 16.6. The van der Waals surface area contributed by atoms with Gasteiger partial charge in [-0.05, 0) is 38.3 Å². The van der Waals surface area contributed by atoms with Crippen LogP contribution in [0.1, 0.15) is 29.7 Å². The van der Waals surface area contributed by atoms with Crippen LogP contribution in [-0.2, 0) is 16.0 Å². The van der Waals surface area contributed by atoms with Gasteiger partial charge in [0.15, 0.2) is 5.13 Å². The van der Waals surface area contributed by atoms with E-state index < -0.39 is 0 Å². The van der Waals surface area contributed by atoms with E-state index in [0.29, 0.717) is 10.8 Å². The number of hydrogen-bond acceptors (Lipinski definition) is 4. The van der Waals surface area contributed by atoms with Crippen LogP contribution in [0.2, 0.25) is 0 Å². The number of nitrogens with zero attached hydrogens (tertiary/aromatic N) is 2. The topological polar surface area (TPSA) is 62.3 Å². The summed E-state index contributed by atoms with van der Waals surface area (Å²) in [5.41, 5.74) is 3.71. The molecule has 6 heteroatoms. The Hall–Kier alpha value is -2.21. The first-order valence-corrected chi connectivity index (χ1v) is 8.91. The molecule has 126 valence electrons. The summed E-state index contributed by atoms with van der Waals surface area (Å²) in [4.78, 5) is 30.3. The third-order valence-electron chi connectivity index (χ3n) is 4.08. The predicted octanol–water partition coefficient (Wildman–Crippen LogP) is 3.31. The molecule has 0 radical (unpaired) electrons. The Bertz CT molecular complexity index is 780. The van der Waals surface area contributed by atoms with E-state index in [1.807, 2.05) is 37.4 Å². The molecule has 1 aliphatic rings. The zero-order valence-electron chi connectivity index (χ0n) is 14.1. The molecule has 0 spiro atoms. The Balaban J connectivity index is 1.61. The van der Waals surface area contributed by atoms with E-state index in [9.17, 15) is 9.59 Å². The second kappa shape index (κ2) is 6.73. The molecule has 1 fully saturated rings. The van der Waals surface area contributed by atoms with Gasteiger partial charge < -0.3 is 5.32 Å². The predicted molar refractivity (Wildman–Crippen MR) is 96.5 cm³/mol. The van der Waals surface area contributed by atoms with Gasteiger partial charge in [-0.3, -0.25) is 14.5 Å². The van der Waals surface area contributed by atoms with Crippen molar-refractivity contribution < 1.29 is 9.59 Å².